The highest BCUT2D eigenvalue weighted by Gasteiger charge is 2.14. The van der Waals surface area contributed by atoms with Gasteiger partial charge in [0, 0.05) is 18.1 Å². The maximum Gasteiger partial charge on any atom is 0.337 e. The third-order valence-corrected chi connectivity index (χ3v) is 4.11. The van der Waals surface area contributed by atoms with E-state index in [9.17, 15) is 9.90 Å². The van der Waals surface area contributed by atoms with Crippen LogP contribution in [0.1, 0.15) is 15.9 Å². The molecule has 2 aromatic carbocycles. The Bertz CT molecular complexity index is 768. The van der Waals surface area contributed by atoms with Crippen LogP contribution in [0.3, 0.4) is 0 Å². The number of likely N-dealkylation sites (N-methyl/N-ethyl adjacent to an activating group) is 1. The SMILES string of the molecule is COC(=O)c1ccc(OCC(O)CN(C)Cc2cccc(Cl)c2)c(OC)c1. The minimum absolute atomic E-state index is 0.0911. The zero-order valence-corrected chi connectivity index (χ0v) is 16.4. The first kappa shape index (κ1) is 21.0. The van der Waals surface area contributed by atoms with Crippen molar-refractivity contribution >= 4 is 17.6 Å². The van der Waals surface area contributed by atoms with Crippen LogP contribution in [0, 0.1) is 0 Å². The number of nitrogens with zero attached hydrogens (tertiary/aromatic N) is 1. The molecule has 27 heavy (non-hydrogen) atoms. The van der Waals surface area contributed by atoms with Crippen molar-refractivity contribution in [2.75, 3.05) is 34.4 Å². The van der Waals surface area contributed by atoms with E-state index in [-0.39, 0.29) is 6.61 Å². The van der Waals surface area contributed by atoms with Gasteiger partial charge in [-0.3, -0.25) is 4.90 Å². The molecule has 0 radical (unpaired) electrons. The number of hydrogen-bond acceptors (Lipinski definition) is 6. The molecule has 2 rings (SSSR count). The van der Waals surface area contributed by atoms with Crippen LogP contribution in [0.15, 0.2) is 42.5 Å². The molecule has 0 spiro atoms. The number of esters is 1. The predicted octanol–water partition coefficient (Wildman–Crippen LogP) is 3.01. The smallest absolute Gasteiger partial charge is 0.337 e. The van der Waals surface area contributed by atoms with Gasteiger partial charge in [0.2, 0.25) is 0 Å². The molecule has 0 heterocycles. The molecule has 0 fully saturated rings. The number of rotatable bonds is 9. The minimum atomic E-state index is -0.695. The molecule has 0 amide bonds. The summed E-state index contributed by atoms with van der Waals surface area (Å²) in [6, 6.07) is 12.4. The Morgan fingerprint density at radius 3 is 2.63 bits per heavy atom. The number of aliphatic hydroxyl groups is 1. The van der Waals surface area contributed by atoms with Crippen molar-refractivity contribution < 1.29 is 24.1 Å². The fraction of sp³-hybridized carbons (Fsp3) is 0.350. The highest BCUT2D eigenvalue weighted by molar-refractivity contribution is 6.30. The van der Waals surface area contributed by atoms with Gasteiger partial charge in [0.05, 0.1) is 19.8 Å². The molecule has 1 unspecified atom stereocenters. The van der Waals surface area contributed by atoms with Crippen LogP contribution in [-0.2, 0) is 11.3 Å². The number of benzene rings is 2. The second-order valence-electron chi connectivity index (χ2n) is 6.15. The maximum absolute atomic E-state index is 11.6. The molecule has 1 atom stereocenters. The second kappa shape index (κ2) is 10.2. The summed E-state index contributed by atoms with van der Waals surface area (Å²) in [5.41, 5.74) is 1.43. The number of hydrogen-bond donors (Lipinski definition) is 1. The standard InChI is InChI=1S/C20H24ClNO5/c1-22(11-14-5-4-6-16(21)9-14)12-17(23)13-27-18-8-7-15(20(24)26-3)10-19(18)25-2/h4-10,17,23H,11-13H2,1-3H3. The number of halogens is 1. The molecule has 0 aliphatic heterocycles. The van der Waals surface area contributed by atoms with Crippen molar-refractivity contribution in [3.05, 3.63) is 58.6 Å². The maximum atomic E-state index is 11.6. The summed E-state index contributed by atoms with van der Waals surface area (Å²) in [6.45, 7) is 1.18. The summed E-state index contributed by atoms with van der Waals surface area (Å²) in [7, 11) is 4.71. The predicted molar refractivity (Wildman–Crippen MR) is 104 cm³/mol. The average molecular weight is 394 g/mol. The average Bonchev–Trinajstić information content (AvgIpc) is 2.65. The number of methoxy groups -OCH3 is 2. The van der Waals surface area contributed by atoms with Crippen molar-refractivity contribution in [1.29, 1.82) is 0 Å². The Hall–Kier alpha value is -2.28. The molecule has 1 N–H and O–H groups in total. The molecular weight excluding hydrogens is 370 g/mol. The summed E-state index contributed by atoms with van der Waals surface area (Å²) in [5, 5.41) is 10.9. The van der Waals surface area contributed by atoms with Gasteiger partial charge in [0.15, 0.2) is 11.5 Å². The van der Waals surface area contributed by atoms with Crippen molar-refractivity contribution in [2.45, 2.75) is 12.6 Å². The van der Waals surface area contributed by atoms with E-state index in [4.69, 9.17) is 21.1 Å². The van der Waals surface area contributed by atoms with Gasteiger partial charge >= 0.3 is 5.97 Å². The molecule has 0 saturated heterocycles. The van der Waals surface area contributed by atoms with Gasteiger partial charge in [0.1, 0.15) is 12.7 Å². The molecule has 2 aromatic rings. The summed E-state index contributed by atoms with van der Waals surface area (Å²) in [6.07, 6.45) is -0.695. The third-order valence-electron chi connectivity index (χ3n) is 3.88. The van der Waals surface area contributed by atoms with Crippen molar-refractivity contribution in [3.63, 3.8) is 0 Å². The molecule has 7 heteroatoms. The monoisotopic (exact) mass is 393 g/mol. The van der Waals surface area contributed by atoms with Gasteiger partial charge < -0.3 is 19.3 Å². The van der Waals surface area contributed by atoms with Crippen LogP contribution in [0.5, 0.6) is 11.5 Å². The Balaban J connectivity index is 1.89. The van der Waals surface area contributed by atoms with Crippen LogP contribution in [-0.4, -0.2) is 56.5 Å². The lowest BCUT2D eigenvalue weighted by atomic mass is 10.2. The molecular formula is C20H24ClNO5. The van der Waals surface area contributed by atoms with Crippen molar-refractivity contribution in [3.8, 4) is 11.5 Å². The van der Waals surface area contributed by atoms with E-state index >= 15 is 0 Å². The zero-order valence-electron chi connectivity index (χ0n) is 15.6. The summed E-state index contributed by atoms with van der Waals surface area (Å²) in [5.74, 6) is 0.390. The molecule has 146 valence electrons. The van der Waals surface area contributed by atoms with Crippen LogP contribution in [0.4, 0.5) is 0 Å². The minimum Gasteiger partial charge on any atom is -0.493 e. The van der Waals surface area contributed by atoms with Crippen LogP contribution in [0.2, 0.25) is 5.02 Å². The second-order valence-corrected chi connectivity index (χ2v) is 6.59. The van der Waals surface area contributed by atoms with Gasteiger partial charge in [-0.2, -0.15) is 0 Å². The van der Waals surface area contributed by atoms with Crippen LogP contribution < -0.4 is 9.47 Å². The largest absolute Gasteiger partial charge is 0.493 e. The van der Waals surface area contributed by atoms with E-state index in [1.807, 2.05) is 36.2 Å². The normalized spacial score (nSPS) is 11.9. The Morgan fingerprint density at radius 1 is 1.19 bits per heavy atom. The fourth-order valence-corrected chi connectivity index (χ4v) is 2.85. The lowest BCUT2D eigenvalue weighted by Crippen LogP contribution is -2.32. The highest BCUT2D eigenvalue weighted by Crippen LogP contribution is 2.28. The van der Waals surface area contributed by atoms with Crippen LogP contribution >= 0.6 is 11.6 Å². The first-order valence-electron chi connectivity index (χ1n) is 8.43. The Morgan fingerprint density at radius 2 is 1.96 bits per heavy atom. The lowest BCUT2D eigenvalue weighted by molar-refractivity contribution is 0.0599. The van der Waals surface area contributed by atoms with E-state index in [0.717, 1.165) is 5.56 Å². The van der Waals surface area contributed by atoms with E-state index in [2.05, 4.69) is 4.74 Å². The van der Waals surface area contributed by atoms with Crippen molar-refractivity contribution in [1.82, 2.24) is 4.90 Å². The first-order valence-corrected chi connectivity index (χ1v) is 8.81. The molecule has 6 nitrogen and oxygen atoms in total. The van der Waals surface area contributed by atoms with Gasteiger partial charge in [-0.05, 0) is 42.9 Å². The number of aliphatic hydroxyl groups excluding tert-OH is 1. The Labute approximate surface area is 164 Å². The van der Waals surface area contributed by atoms with E-state index in [0.29, 0.717) is 35.2 Å². The fourth-order valence-electron chi connectivity index (χ4n) is 2.64. The first-order chi connectivity index (χ1) is 12.9. The van der Waals surface area contributed by atoms with Gasteiger partial charge in [0.25, 0.3) is 0 Å². The quantitative estimate of drug-likeness (QED) is 0.660. The molecule has 0 aliphatic carbocycles. The highest BCUT2D eigenvalue weighted by atomic mass is 35.5. The topological polar surface area (TPSA) is 68.2 Å². The van der Waals surface area contributed by atoms with Gasteiger partial charge in [-0.1, -0.05) is 23.7 Å². The summed E-state index contributed by atoms with van der Waals surface area (Å²) in [4.78, 5) is 13.6. The molecule has 0 bridgehead atoms. The van der Waals surface area contributed by atoms with E-state index < -0.39 is 12.1 Å². The third kappa shape index (κ3) is 6.43. The number of carbonyl (C=O) groups is 1. The number of carbonyl (C=O) groups excluding carboxylic acids is 1. The van der Waals surface area contributed by atoms with Crippen molar-refractivity contribution in [2.24, 2.45) is 0 Å². The van der Waals surface area contributed by atoms with Gasteiger partial charge in [-0.15, -0.1) is 0 Å². The molecule has 0 aliphatic rings. The summed E-state index contributed by atoms with van der Waals surface area (Å²) < 4.78 is 15.6. The summed E-state index contributed by atoms with van der Waals surface area (Å²) >= 11 is 5.99. The molecule has 0 aromatic heterocycles. The zero-order chi connectivity index (χ0) is 19.8. The lowest BCUT2D eigenvalue weighted by Gasteiger charge is -2.21. The number of ether oxygens (including phenoxy) is 3. The van der Waals surface area contributed by atoms with E-state index in [1.165, 1.54) is 14.2 Å². The van der Waals surface area contributed by atoms with Crippen LogP contribution in [0.25, 0.3) is 0 Å². The molecule has 0 saturated carbocycles. The van der Waals surface area contributed by atoms with Gasteiger partial charge in [-0.25, -0.2) is 4.79 Å². The van der Waals surface area contributed by atoms with E-state index in [1.54, 1.807) is 18.2 Å². The Kier molecular flexibility index (Phi) is 7.91.